The second-order valence-corrected chi connectivity index (χ2v) is 10.7. The van der Waals surface area contributed by atoms with E-state index in [1.165, 1.54) is 50.1 Å². The molecule has 0 aromatic heterocycles. The number of aryl methyl sites for hydroxylation is 1. The molecule has 2 nitrogen and oxygen atoms in total. The van der Waals surface area contributed by atoms with E-state index in [1.807, 2.05) is 36.4 Å². The zero-order valence-corrected chi connectivity index (χ0v) is 24.1. The maximum absolute atomic E-state index is 6.10. The molecule has 0 N–H and O–H groups in total. The molecule has 0 saturated carbocycles. The Morgan fingerprint density at radius 2 is 0.643 bits per heavy atom. The highest BCUT2D eigenvalue weighted by atomic mass is 16.5. The van der Waals surface area contributed by atoms with Gasteiger partial charge in [0.2, 0.25) is 0 Å². The third-order valence-electron chi connectivity index (χ3n) is 7.62. The molecule has 0 amide bonds. The molecule has 0 radical (unpaired) electrons. The quantitative estimate of drug-likeness (QED) is 0.180. The van der Waals surface area contributed by atoms with Crippen molar-refractivity contribution in [1.82, 2.24) is 0 Å². The summed E-state index contributed by atoms with van der Waals surface area (Å²) in [5.41, 5.74) is 11.2. The average Bonchev–Trinajstić information content (AvgIpc) is 3.04. The lowest BCUT2D eigenvalue weighted by molar-refractivity contribution is 0.414. The van der Waals surface area contributed by atoms with Crippen LogP contribution in [0.3, 0.4) is 0 Å². The summed E-state index contributed by atoms with van der Waals surface area (Å²) >= 11 is 0. The van der Waals surface area contributed by atoms with Crippen molar-refractivity contribution in [2.75, 3.05) is 7.11 Å². The summed E-state index contributed by atoms with van der Waals surface area (Å²) in [6.45, 7) is 2.11. The predicted octanol–water partition coefficient (Wildman–Crippen LogP) is 10.3. The van der Waals surface area contributed by atoms with Crippen molar-refractivity contribution >= 4 is 0 Å². The van der Waals surface area contributed by atoms with Crippen molar-refractivity contribution in [3.63, 3.8) is 0 Å². The first-order valence-corrected chi connectivity index (χ1v) is 14.4. The van der Waals surface area contributed by atoms with Gasteiger partial charge in [-0.05, 0) is 101 Å². The van der Waals surface area contributed by atoms with Gasteiger partial charge < -0.3 is 9.47 Å². The Morgan fingerprint density at radius 1 is 0.357 bits per heavy atom. The van der Waals surface area contributed by atoms with Crippen molar-refractivity contribution in [1.29, 1.82) is 0 Å². The van der Waals surface area contributed by atoms with Crippen LogP contribution in [-0.4, -0.2) is 7.11 Å². The molecule has 0 aliphatic rings. The van der Waals surface area contributed by atoms with Gasteiger partial charge in [0.05, 0.1) is 7.11 Å². The van der Waals surface area contributed by atoms with Gasteiger partial charge in [0.15, 0.2) is 0 Å². The number of methoxy groups -OCH3 is 1. The summed E-state index contributed by atoms with van der Waals surface area (Å²) < 4.78 is 11.4. The number of hydrogen-bond donors (Lipinski definition) is 0. The highest BCUT2D eigenvalue weighted by Gasteiger charge is 2.04. The van der Waals surface area contributed by atoms with E-state index in [0.29, 0.717) is 0 Å². The van der Waals surface area contributed by atoms with Crippen LogP contribution in [0.25, 0.3) is 22.3 Å². The highest BCUT2D eigenvalue weighted by Crippen LogP contribution is 2.27. The number of hydrogen-bond acceptors (Lipinski definition) is 2. The summed E-state index contributed by atoms with van der Waals surface area (Å²) in [4.78, 5) is 0. The van der Waals surface area contributed by atoms with Gasteiger partial charge in [0.1, 0.15) is 17.2 Å². The van der Waals surface area contributed by atoms with Crippen LogP contribution in [0.15, 0.2) is 146 Å². The van der Waals surface area contributed by atoms with Gasteiger partial charge >= 0.3 is 0 Å². The van der Waals surface area contributed by atoms with Crippen LogP contribution in [0.1, 0.15) is 27.8 Å². The molecule has 0 aliphatic carbocycles. The van der Waals surface area contributed by atoms with E-state index in [1.54, 1.807) is 7.11 Å². The van der Waals surface area contributed by atoms with E-state index in [2.05, 4.69) is 116 Å². The smallest absolute Gasteiger partial charge is 0.127 e. The molecule has 0 unspecified atom stereocenters. The fourth-order valence-electron chi connectivity index (χ4n) is 5.12. The Labute approximate surface area is 248 Å². The number of rotatable bonds is 9. The zero-order chi connectivity index (χ0) is 28.7. The topological polar surface area (TPSA) is 18.5 Å². The zero-order valence-electron chi connectivity index (χ0n) is 24.1. The van der Waals surface area contributed by atoms with Gasteiger partial charge in [-0.15, -0.1) is 0 Å². The molecule has 0 aliphatic heterocycles. The van der Waals surface area contributed by atoms with Crippen LogP contribution in [0.4, 0.5) is 0 Å². The standard InChI is InChI=1S/C40H34O2/c1-29-3-13-34(14-4-29)37-19-25-40(26-20-37)42-39-23-11-33(12-24-39)28-31-7-17-36(18-8-31)35-15-5-30(6-16-35)27-32-9-21-38(41-2)22-10-32/h3-26H,27-28H2,1-2H3. The van der Waals surface area contributed by atoms with Crippen LogP contribution in [-0.2, 0) is 12.8 Å². The summed E-state index contributed by atoms with van der Waals surface area (Å²) in [7, 11) is 1.70. The first-order valence-electron chi connectivity index (χ1n) is 14.4. The van der Waals surface area contributed by atoms with Crippen LogP contribution >= 0.6 is 0 Å². The Hall–Kier alpha value is -5.08. The second-order valence-electron chi connectivity index (χ2n) is 10.7. The lowest BCUT2D eigenvalue weighted by Crippen LogP contribution is -1.91. The van der Waals surface area contributed by atoms with Crippen molar-refractivity contribution in [3.8, 4) is 39.5 Å². The number of ether oxygens (including phenoxy) is 2. The SMILES string of the molecule is COc1ccc(Cc2ccc(-c3ccc(Cc4ccc(Oc5ccc(-c6ccc(C)cc6)cc5)cc4)cc3)cc2)cc1. The molecule has 0 spiro atoms. The van der Waals surface area contributed by atoms with E-state index < -0.39 is 0 Å². The molecule has 6 aromatic rings. The van der Waals surface area contributed by atoms with Gasteiger partial charge in [-0.2, -0.15) is 0 Å². The number of benzene rings is 6. The molecule has 0 bridgehead atoms. The average molecular weight is 547 g/mol. The van der Waals surface area contributed by atoms with Crippen LogP contribution in [0, 0.1) is 6.92 Å². The maximum Gasteiger partial charge on any atom is 0.127 e. The van der Waals surface area contributed by atoms with Crippen molar-refractivity contribution in [2.45, 2.75) is 19.8 Å². The van der Waals surface area contributed by atoms with Gasteiger partial charge in [0, 0.05) is 0 Å². The van der Waals surface area contributed by atoms with Crippen molar-refractivity contribution in [3.05, 3.63) is 173 Å². The predicted molar refractivity (Wildman–Crippen MR) is 174 cm³/mol. The van der Waals surface area contributed by atoms with Crippen LogP contribution in [0.2, 0.25) is 0 Å². The Morgan fingerprint density at radius 3 is 1.02 bits per heavy atom. The minimum atomic E-state index is 0.836. The monoisotopic (exact) mass is 546 g/mol. The Bertz CT molecular complexity index is 1710. The molecule has 6 rings (SSSR count). The first kappa shape index (κ1) is 27.1. The van der Waals surface area contributed by atoms with E-state index in [-0.39, 0.29) is 0 Å². The molecule has 206 valence electrons. The normalized spacial score (nSPS) is 10.8. The molecule has 0 saturated heterocycles. The molecule has 6 aromatic carbocycles. The first-order chi connectivity index (χ1) is 20.6. The minimum Gasteiger partial charge on any atom is -0.497 e. The van der Waals surface area contributed by atoms with Crippen LogP contribution < -0.4 is 9.47 Å². The van der Waals surface area contributed by atoms with Crippen LogP contribution in [0.5, 0.6) is 17.2 Å². The highest BCUT2D eigenvalue weighted by molar-refractivity contribution is 5.65. The summed E-state index contributed by atoms with van der Waals surface area (Å²) in [5, 5.41) is 0. The fraction of sp³-hybridized carbons (Fsp3) is 0.100. The lowest BCUT2D eigenvalue weighted by Gasteiger charge is -2.09. The van der Waals surface area contributed by atoms with E-state index in [4.69, 9.17) is 9.47 Å². The summed E-state index contributed by atoms with van der Waals surface area (Å²) in [5.74, 6) is 2.57. The molecule has 0 heterocycles. The van der Waals surface area contributed by atoms with Crippen molar-refractivity contribution < 1.29 is 9.47 Å². The fourth-order valence-corrected chi connectivity index (χ4v) is 5.12. The third kappa shape index (κ3) is 6.79. The molecule has 2 heteroatoms. The van der Waals surface area contributed by atoms with Gasteiger partial charge in [-0.1, -0.05) is 115 Å². The molecule has 42 heavy (non-hydrogen) atoms. The van der Waals surface area contributed by atoms with Gasteiger partial charge in [-0.25, -0.2) is 0 Å². The van der Waals surface area contributed by atoms with E-state index >= 15 is 0 Å². The Kier molecular flexibility index (Phi) is 8.14. The Balaban J connectivity index is 1.03. The molecular weight excluding hydrogens is 512 g/mol. The maximum atomic E-state index is 6.10. The lowest BCUT2D eigenvalue weighted by atomic mass is 9.98. The van der Waals surface area contributed by atoms with Gasteiger partial charge in [0.25, 0.3) is 0 Å². The van der Waals surface area contributed by atoms with Gasteiger partial charge in [-0.3, -0.25) is 0 Å². The van der Waals surface area contributed by atoms with Crippen molar-refractivity contribution in [2.24, 2.45) is 0 Å². The summed E-state index contributed by atoms with van der Waals surface area (Å²) in [6, 6.07) is 51.2. The largest absolute Gasteiger partial charge is 0.497 e. The van der Waals surface area contributed by atoms with E-state index in [9.17, 15) is 0 Å². The van der Waals surface area contributed by atoms with E-state index in [0.717, 1.165) is 30.1 Å². The molecule has 0 fully saturated rings. The second kappa shape index (κ2) is 12.6. The minimum absolute atomic E-state index is 0.836. The summed E-state index contributed by atoms with van der Waals surface area (Å²) in [6.07, 6.45) is 1.79. The molecular formula is C40H34O2. The molecule has 0 atom stereocenters. The third-order valence-corrected chi connectivity index (χ3v) is 7.62.